The fourth-order valence-corrected chi connectivity index (χ4v) is 4.47. The summed E-state index contributed by atoms with van der Waals surface area (Å²) >= 11 is 1.40. The van der Waals surface area contributed by atoms with Gasteiger partial charge in [-0.05, 0) is 37.0 Å². The maximum Gasteiger partial charge on any atom is 0.231 e. The molecule has 0 spiro atoms. The van der Waals surface area contributed by atoms with Crippen molar-refractivity contribution in [1.29, 1.82) is 0 Å². The Hall–Kier alpha value is -3.06. The molecule has 30 heavy (non-hydrogen) atoms. The number of hydrogen-bond acceptors (Lipinski definition) is 5. The van der Waals surface area contributed by atoms with E-state index in [0.29, 0.717) is 11.7 Å². The van der Waals surface area contributed by atoms with Crippen molar-refractivity contribution in [2.75, 3.05) is 16.8 Å². The average molecular weight is 421 g/mol. The van der Waals surface area contributed by atoms with Gasteiger partial charge in [-0.2, -0.15) is 0 Å². The lowest BCUT2D eigenvalue weighted by atomic mass is 10.1. The molecule has 4 rings (SSSR count). The van der Waals surface area contributed by atoms with E-state index in [0.717, 1.165) is 35.5 Å². The number of benzene rings is 2. The molecule has 1 atom stereocenters. The highest BCUT2D eigenvalue weighted by Gasteiger charge is 2.35. The van der Waals surface area contributed by atoms with Crippen molar-refractivity contribution in [2.45, 2.75) is 32.6 Å². The minimum Gasteiger partial charge on any atom is -0.311 e. The van der Waals surface area contributed by atoms with Gasteiger partial charge in [0, 0.05) is 25.1 Å². The smallest absolute Gasteiger partial charge is 0.231 e. The van der Waals surface area contributed by atoms with Crippen molar-refractivity contribution in [2.24, 2.45) is 5.92 Å². The largest absolute Gasteiger partial charge is 0.311 e. The van der Waals surface area contributed by atoms with Gasteiger partial charge in [0.1, 0.15) is 5.01 Å². The second-order valence-corrected chi connectivity index (χ2v) is 8.58. The summed E-state index contributed by atoms with van der Waals surface area (Å²) in [6, 6.07) is 18.1. The van der Waals surface area contributed by atoms with E-state index in [2.05, 4.69) is 27.6 Å². The van der Waals surface area contributed by atoms with Crippen molar-refractivity contribution in [3.8, 4) is 0 Å². The molecule has 1 aliphatic heterocycles. The maximum atomic E-state index is 12.7. The van der Waals surface area contributed by atoms with Gasteiger partial charge < -0.3 is 10.2 Å². The van der Waals surface area contributed by atoms with Gasteiger partial charge >= 0.3 is 0 Å². The maximum absolute atomic E-state index is 12.7. The summed E-state index contributed by atoms with van der Waals surface area (Å²) in [6.45, 7) is 2.36. The summed E-state index contributed by atoms with van der Waals surface area (Å²) in [4.78, 5) is 26.8. The lowest BCUT2D eigenvalue weighted by molar-refractivity contribution is -0.122. The van der Waals surface area contributed by atoms with Gasteiger partial charge in [-0.1, -0.05) is 59.9 Å². The zero-order valence-electron chi connectivity index (χ0n) is 16.9. The van der Waals surface area contributed by atoms with Crippen LogP contribution in [0.1, 0.15) is 29.0 Å². The van der Waals surface area contributed by atoms with Crippen LogP contribution in [0.15, 0.2) is 54.6 Å². The molecule has 0 saturated carbocycles. The average Bonchev–Trinajstić information content (AvgIpc) is 3.36. The Morgan fingerprint density at radius 1 is 1.10 bits per heavy atom. The fraction of sp³-hybridized carbons (Fsp3) is 0.304. The zero-order chi connectivity index (χ0) is 20.9. The van der Waals surface area contributed by atoms with Crippen LogP contribution in [0.4, 0.5) is 10.8 Å². The molecular formula is C23H24N4O2S. The van der Waals surface area contributed by atoms with E-state index in [-0.39, 0.29) is 24.2 Å². The number of aryl methyl sites for hydroxylation is 3. The van der Waals surface area contributed by atoms with Gasteiger partial charge in [-0.3, -0.25) is 9.59 Å². The number of para-hydroxylation sites is 1. The van der Waals surface area contributed by atoms with Crippen molar-refractivity contribution < 1.29 is 9.59 Å². The van der Waals surface area contributed by atoms with Crippen LogP contribution in [-0.2, 0) is 22.4 Å². The first-order valence-electron chi connectivity index (χ1n) is 10.1. The third-order valence-corrected chi connectivity index (χ3v) is 6.20. The molecule has 1 aromatic heterocycles. The number of nitrogens with one attached hydrogen (secondary N) is 1. The summed E-state index contributed by atoms with van der Waals surface area (Å²) in [6.07, 6.45) is 3.00. The highest BCUT2D eigenvalue weighted by Crippen LogP contribution is 2.28. The van der Waals surface area contributed by atoms with Crippen molar-refractivity contribution in [3.63, 3.8) is 0 Å². The number of carbonyl (C=O) groups is 2. The molecule has 0 radical (unpaired) electrons. The van der Waals surface area contributed by atoms with Crippen LogP contribution in [0.3, 0.4) is 0 Å². The quantitative estimate of drug-likeness (QED) is 0.627. The molecule has 0 aliphatic carbocycles. The van der Waals surface area contributed by atoms with Crippen molar-refractivity contribution in [3.05, 3.63) is 70.7 Å². The monoisotopic (exact) mass is 420 g/mol. The Bertz CT molecular complexity index is 1030. The van der Waals surface area contributed by atoms with Gasteiger partial charge in [0.05, 0.1) is 5.92 Å². The van der Waals surface area contributed by atoms with Crippen LogP contribution < -0.4 is 10.2 Å². The van der Waals surface area contributed by atoms with Gasteiger partial charge in [0.2, 0.25) is 16.9 Å². The standard InChI is InChI=1S/C23H24N4O2S/c1-16-8-5-6-12-19(16)27-15-18(14-21(27)28)22(29)24-23-26-25-20(30-23)13-7-11-17-9-3-2-4-10-17/h2-6,8-10,12,18H,7,11,13-15H2,1H3,(H,24,26,29)/t18-/m0/s1. The van der Waals surface area contributed by atoms with E-state index < -0.39 is 0 Å². The zero-order valence-corrected chi connectivity index (χ0v) is 17.7. The Kier molecular flexibility index (Phi) is 6.18. The summed E-state index contributed by atoms with van der Waals surface area (Å²) in [5.74, 6) is -0.586. The lowest BCUT2D eigenvalue weighted by Gasteiger charge is -2.18. The van der Waals surface area contributed by atoms with Crippen molar-refractivity contribution >= 4 is 34.0 Å². The minimum atomic E-state index is -0.387. The molecule has 2 amide bonds. The molecular weight excluding hydrogens is 396 g/mol. The molecule has 1 saturated heterocycles. The van der Waals surface area contributed by atoms with Crippen molar-refractivity contribution in [1.82, 2.24) is 10.2 Å². The second kappa shape index (κ2) is 9.17. The fourth-order valence-electron chi connectivity index (χ4n) is 3.68. The van der Waals surface area contributed by atoms with E-state index in [1.54, 1.807) is 4.90 Å². The number of hydrogen-bond donors (Lipinski definition) is 1. The molecule has 2 heterocycles. The highest BCUT2D eigenvalue weighted by molar-refractivity contribution is 7.15. The number of aromatic nitrogens is 2. The van der Waals surface area contributed by atoms with Gasteiger partial charge in [0.15, 0.2) is 0 Å². The third kappa shape index (κ3) is 4.74. The topological polar surface area (TPSA) is 75.2 Å². The van der Waals surface area contributed by atoms with E-state index in [4.69, 9.17) is 0 Å². The summed E-state index contributed by atoms with van der Waals surface area (Å²) < 4.78 is 0. The first-order valence-corrected chi connectivity index (χ1v) is 10.9. The van der Waals surface area contributed by atoms with Crippen LogP contribution >= 0.6 is 11.3 Å². The highest BCUT2D eigenvalue weighted by atomic mass is 32.1. The predicted octanol–water partition coefficient (Wildman–Crippen LogP) is 4.01. The molecule has 0 unspecified atom stereocenters. The molecule has 2 aromatic carbocycles. The Morgan fingerprint density at radius 2 is 1.87 bits per heavy atom. The van der Waals surface area contributed by atoms with Gasteiger partial charge in [0.25, 0.3) is 0 Å². The summed E-state index contributed by atoms with van der Waals surface area (Å²) in [5, 5.41) is 12.5. The van der Waals surface area contributed by atoms with Gasteiger partial charge in [-0.15, -0.1) is 10.2 Å². The second-order valence-electron chi connectivity index (χ2n) is 7.52. The van der Waals surface area contributed by atoms with Crippen LogP contribution in [0.2, 0.25) is 0 Å². The van der Waals surface area contributed by atoms with E-state index in [1.807, 2.05) is 49.4 Å². The van der Waals surface area contributed by atoms with Crippen LogP contribution in [0, 0.1) is 12.8 Å². The van der Waals surface area contributed by atoms with Crippen LogP contribution in [0.25, 0.3) is 0 Å². The SMILES string of the molecule is Cc1ccccc1N1C[C@@H](C(=O)Nc2nnc(CCCc3ccccc3)s2)CC1=O. The first-order chi connectivity index (χ1) is 14.6. The lowest BCUT2D eigenvalue weighted by Crippen LogP contribution is -2.28. The molecule has 1 aliphatic rings. The Morgan fingerprint density at radius 3 is 2.67 bits per heavy atom. The number of carbonyl (C=O) groups excluding carboxylic acids is 2. The number of nitrogens with zero attached hydrogens (tertiary/aromatic N) is 3. The molecule has 6 nitrogen and oxygen atoms in total. The Balaban J connectivity index is 1.30. The normalized spacial score (nSPS) is 16.1. The molecule has 0 bridgehead atoms. The third-order valence-electron chi connectivity index (χ3n) is 5.30. The molecule has 7 heteroatoms. The van der Waals surface area contributed by atoms with E-state index >= 15 is 0 Å². The van der Waals surface area contributed by atoms with E-state index in [1.165, 1.54) is 16.9 Å². The van der Waals surface area contributed by atoms with Gasteiger partial charge in [-0.25, -0.2) is 0 Å². The summed E-state index contributed by atoms with van der Waals surface area (Å²) in [7, 11) is 0. The van der Waals surface area contributed by atoms with Crippen LogP contribution in [-0.4, -0.2) is 28.6 Å². The van der Waals surface area contributed by atoms with E-state index in [9.17, 15) is 9.59 Å². The predicted molar refractivity (Wildman–Crippen MR) is 119 cm³/mol. The number of anilines is 2. The minimum absolute atomic E-state index is 0.0247. The molecule has 3 aromatic rings. The first kappa shape index (κ1) is 20.2. The number of amides is 2. The Labute approximate surface area is 180 Å². The molecule has 1 N–H and O–H groups in total. The summed E-state index contributed by atoms with van der Waals surface area (Å²) in [5.41, 5.74) is 3.20. The van der Waals surface area contributed by atoms with Crippen LogP contribution in [0.5, 0.6) is 0 Å². The molecule has 1 fully saturated rings. The molecule has 154 valence electrons. The number of rotatable bonds is 7.